The molecule has 2 heterocycles. The lowest BCUT2D eigenvalue weighted by Crippen LogP contribution is -2.36. The van der Waals surface area contributed by atoms with Gasteiger partial charge in [0.2, 0.25) is 0 Å². The van der Waals surface area contributed by atoms with Crippen molar-refractivity contribution in [2.75, 3.05) is 32.7 Å². The fraction of sp³-hybridized carbons (Fsp3) is 0.667. The van der Waals surface area contributed by atoms with Gasteiger partial charge in [-0.25, -0.2) is 0 Å². The normalized spacial score (nSPS) is 25.1. The van der Waals surface area contributed by atoms with Crippen molar-refractivity contribution in [1.29, 1.82) is 0 Å². The molecule has 1 aliphatic carbocycles. The van der Waals surface area contributed by atoms with Crippen LogP contribution in [0, 0.1) is 0 Å². The highest BCUT2D eigenvalue weighted by molar-refractivity contribution is 7.10. The van der Waals surface area contributed by atoms with Crippen molar-refractivity contribution in [2.45, 2.75) is 31.7 Å². The SMILES string of the molecule is O=C(O)CN1CCCN(C2CCCc3sccc32)CC1. The van der Waals surface area contributed by atoms with Crippen LogP contribution < -0.4 is 0 Å². The maximum Gasteiger partial charge on any atom is 0.317 e. The average molecular weight is 294 g/mol. The van der Waals surface area contributed by atoms with Gasteiger partial charge in [-0.2, -0.15) is 0 Å². The fourth-order valence-electron chi connectivity index (χ4n) is 3.49. The number of carbonyl (C=O) groups is 1. The van der Waals surface area contributed by atoms with Crippen LogP contribution in [0.4, 0.5) is 0 Å². The number of hydrogen-bond acceptors (Lipinski definition) is 4. The fourth-order valence-corrected chi connectivity index (χ4v) is 4.47. The van der Waals surface area contributed by atoms with Crippen molar-refractivity contribution in [2.24, 2.45) is 0 Å². The number of aryl methyl sites for hydroxylation is 1. The van der Waals surface area contributed by atoms with Gasteiger partial charge in [0.25, 0.3) is 0 Å². The summed E-state index contributed by atoms with van der Waals surface area (Å²) < 4.78 is 0. The van der Waals surface area contributed by atoms with E-state index in [-0.39, 0.29) is 6.54 Å². The first-order valence-corrected chi connectivity index (χ1v) is 8.36. The summed E-state index contributed by atoms with van der Waals surface area (Å²) in [7, 11) is 0. The van der Waals surface area contributed by atoms with E-state index < -0.39 is 5.97 Å². The standard InChI is InChI=1S/C15H22N2O2S/c18-15(19)11-16-6-2-7-17(9-8-16)13-3-1-4-14-12(13)5-10-20-14/h5,10,13H,1-4,6-9,11H2,(H,18,19). The van der Waals surface area contributed by atoms with Crippen LogP contribution in [0.2, 0.25) is 0 Å². The summed E-state index contributed by atoms with van der Waals surface area (Å²) in [6.07, 6.45) is 4.85. The molecule has 0 radical (unpaired) electrons. The van der Waals surface area contributed by atoms with Crippen LogP contribution >= 0.6 is 11.3 Å². The second-order valence-electron chi connectivity index (χ2n) is 5.77. The van der Waals surface area contributed by atoms with Gasteiger partial charge in [0, 0.05) is 37.1 Å². The van der Waals surface area contributed by atoms with E-state index in [9.17, 15) is 4.79 Å². The molecule has 1 fully saturated rings. The predicted molar refractivity (Wildman–Crippen MR) is 80.3 cm³/mol. The summed E-state index contributed by atoms with van der Waals surface area (Å²) >= 11 is 1.89. The highest BCUT2D eigenvalue weighted by Gasteiger charge is 2.28. The predicted octanol–water partition coefficient (Wildman–Crippen LogP) is 2.22. The van der Waals surface area contributed by atoms with E-state index in [1.807, 2.05) is 11.3 Å². The van der Waals surface area contributed by atoms with E-state index >= 15 is 0 Å². The lowest BCUT2D eigenvalue weighted by atomic mass is 9.92. The molecule has 1 N–H and O–H groups in total. The molecule has 0 spiro atoms. The zero-order chi connectivity index (χ0) is 13.9. The molecular formula is C15H22N2O2S. The number of carboxylic acids is 1. The minimum atomic E-state index is -0.712. The third-order valence-electron chi connectivity index (χ3n) is 4.44. The Balaban J connectivity index is 1.66. The van der Waals surface area contributed by atoms with Crippen LogP contribution in [-0.4, -0.2) is 53.6 Å². The van der Waals surface area contributed by atoms with Gasteiger partial charge < -0.3 is 5.11 Å². The second kappa shape index (κ2) is 6.24. The van der Waals surface area contributed by atoms with Crippen LogP contribution in [0.3, 0.4) is 0 Å². The van der Waals surface area contributed by atoms with Gasteiger partial charge in [0.1, 0.15) is 0 Å². The van der Waals surface area contributed by atoms with Gasteiger partial charge in [-0.15, -0.1) is 11.3 Å². The average Bonchev–Trinajstić information content (AvgIpc) is 2.79. The van der Waals surface area contributed by atoms with E-state index in [1.165, 1.54) is 24.8 Å². The number of thiophene rings is 1. The summed E-state index contributed by atoms with van der Waals surface area (Å²) in [5, 5.41) is 11.1. The summed E-state index contributed by atoms with van der Waals surface area (Å²) in [6, 6.07) is 2.86. The number of aliphatic carboxylic acids is 1. The van der Waals surface area contributed by atoms with Crippen LogP contribution in [0.25, 0.3) is 0 Å². The zero-order valence-corrected chi connectivity index (χ0v) is 12.6. The number of rotatable bonds is 3. The first-order chi connectivity index (χ1) is 9.74. The molecule has 0 bridgehead atoms. The van der Waals surface area contributed by atoms with Crippen LogP contribution in [0.1, 0.15) is 35.7 Å². The molecule has 1 unspecified atom stereocenters. The van der Waals surface area contributed by atoms with Crippen LogP contribution in [0.15, 0.2) is 11.4 Å². The zero-order valence-electron chi connectivity index (χ0n) is 11.8. The highest BCUT2D eigenvalue weighted by atomic mass is 32.1. The molecule has 0 aromatic carbocycles. The molecule has 3 rings (SSSR count). The van der Waals surface area contributed by atoms with Crippen molar-refractivity contribution in [1.82, 2.24) is 9.80 Å². The number of carboxylic acid groups (broad SMARTS) is 1. The molecule has 1 aromatic heterocycles. The Morgan fingerprint density at radius 2 is 2.20 bits per heavy atom. The Bertz CT molecular complexity index is 474. The van der Waals surface area contributed by atoms with E-state index in [0.29, 0.717) is 6.04 Å². The molecule has 0 saturated carbocycles. The van der Waals surface area contributed by atoms with Crippen molar-refractivity contribution in [3.05, 3.63) is 21.9 Å². The first kappa shape index (κ1) is 14.0. The Morgan fingerprint density at radius 3 is 3.05 bits per heavy atom. The van der Waals surface area contributed by atoms with E-state index in [0.717, 1.165) is 32.6 Å². The third kappa shape index (κ3) is 3.05. The van der Waals surface area contributed by atoms with E-state index in [2.05, 4.69) is 21.2 Å². The number of nitrogens with zero attached hydrogens (tertiary/aromatic N) is 2. The molecule has 110 valence electrons. The van der Waals surface area contributed by atoms with E-state index in [4.69, 9.17) is 5.11 Å². The lowest BCUT2D eigenvalue weighted by molar-refractivity contribution is -0.138. The largest absolute Gasteiger partial charge is 0.480 e. The maximum atomic E-state index is 10.8. The molecule has 2 aliphatic rings. The smallest absolute Gasteiger partial charge is 0.317 e. The molecule has 0 amide bonds. The van der Waals surface area contributed by atoms with Crippen molar-refractivity contribution < 1.29 is 9.90 Å². The number of fused-ring (bicyclic) bond motifs is 1. The van der Waals surface area contributed by atoms with Gasteiger partial charge in [0.15, 0.2) is 0 Å². The molecule has 20 heavy (non-hydrogen) atoms. The second-order valence-corrected chi connectivity index (χ2v) is 6.77. The summed E-state index contributed by atoms with van der Waals surface area (Å²) in [5.74, 6) is -0.712. The lowest BCUT2D eigenvalue weighted by Gasteiger charge is -2.33. The topological polar surface area (TPSA) is 43.8 Å². The molecule has 1 atom stereocenters. The van der Waals surface area contributed by atoms with Gasteiger partial charge in [-0.05, 0) is 42.7 Å². The van der Waals surface area contributed by atoms with Gasteiger partial charge in [-0.1, -0.05) is 0 Å². The molecule has 1 aromatic rings. The molecule has 1 saturated heterocycles. The van der Waals surface area contributed by atoms with Crippen molar-refractivity contribution in [3.8, 4) is 0 Å². The minimum Gasteiger partial charge on any atom is -0.480 e. The Labute approximate surface area is 124 Å². The molecule has 5 heteroatoms. The molecule has 1 aliphatic heterocycles. The van der Waals surface area contributed by atoms with Crippen molar-refractivity contribution in [3.63, 3.8) is 0 Å². The minimum absolute atomic E-state index is 0.183. The van der Waals surface area contributed by atoms with Gasteiger partial charge in [0.05, 0.1) is 6.54 Å². The highest BCUT2D eigenvalue weighted by Crippen LogP contribution is 2.37. The van der Waals surface area contributed by atoms with E-state index in [1.54, 1.807) is 4.88 Å². The Kier molecular flexibility index (Phi) is 4.38. The Hall–Kier alpha value is -0.910. The summed E-state index contributed by atoms with van der Waals surface area (Å²) in [5.41, 5.74) is 1.54. The monoisotopic (exact) mass is 294 g/mol. The van der Waals surface area contributed by atoms with Crippen LogP contribution in [0.5, 0.6) is 0 Å². The maximum absolute atomic E-state index is 10.8. The van der Waals surface area contributed by atoms with Gasteiger partial charge in [-0.3, -0.25) is 14.6 Å². The number of hydrogen-bond donors (Lipinski definition) is 1. The summed E-state index contributed by atoms with van der Waals surface area (Å²) in [4.78, 5) is 17.0. The van der Waals surface area contributed by atoms with Crippen molar-refractivity contribution >= 4 is 17.3 Å². The molecular weight excluding hydrogens is 272 g/mol. The summed E-state index contributed by atoms with van der Waals surface area (Å²) in [6.45, 7) is 4.06. The third-order valence-corrected chi connectivity index (χ3v) is 5.44. The molecule has 4 nitrogen and oxygen atoms in total. The first-order valence-electron chi connectivity index (χ1n) is 7.48. The Morgan fingerprint density at radius 1 is 1.30 bits per heavy atom. The quantitative estimate of drug-likeness (QED) is 0.928. The van der Waals surface area contributed by atoms with Gasteiger partial charge >= 0.3 is 5.97 Å². The van der Waals surface area contributed by atoms with Crippen LogP contribution in [-0.2, 0) is 11.2 Å².